The van der Waals surface area contributed by atoms with Crippen LogP contribution in [0, 0.1) is 20.9 Å². The van der Waals surface area contributed by atoms with Crippen molar-refractivity contribution in [2.75, 3.05) is 6.54 Å². The van der Waals surface area contributed by atoms with Gasteiger partial charge in [-0.2, -0.15) is 13.2 Å². The highest BCUT2D eigenvalue weighted by molar-refractivity contribution is 9.11. The molecule has 0 bridgehead atoms. The number of allylic oxidation sites excluding steroid dienone is 4. The first kappa shape index (κ1) is 34.8. The third-order valence-corrected chi connectivity index (χ3v) is 9.66. The summed E-state index contributed by atoms with van der Waals surface area (Å²) in [5.74, 6) is -3.01. The van der Waals surface area contributed by atoms with E-state index in [9.17, 15) is 42.8 Å². The molecule has 5 rings (SSSR count). The van der Waals surface area contributed by atoms with Crippen LogP contribution in [0.15, 0.2) is 61.8 Å². The van der Waals surface area contributed by atoms with Crippen LogP contribution in [0.25, 0.3) is 0 Å². The van der Waals surface area contributed by atoms with Crippen LogP contribution >= 0.6 is 31.9 Å². The molecule has 2 aromatic carbocycles. The summed E-state index contributed by atoms with van der Waals surface area (Å²) in [5, 5.41) is 21.5. The summed E-state index contributed by atoms with van der Waals surface area (Å²) in [7, 11) is 0. The number of carbonyl (C=O) groups is 3. The van der Waals surface area contributed by atoms with Crippen LogP contribution in [0.4, 0.5) is 18.9 Å². The lowest BCUT2D eigenvalue weighted by atomic mass is 9.63. The molecule has 9 nitrogen and oxygen atoms in total. The van der Waals surface area contributed by atoms with Gasteiger partial charge in [-0.15, -0.1) is 0 Å². The van der Waals surface area contributed by atoms with Crippen molar-refractivity contribution < 1.29 is 42.3 Å². The average Bonchev–Trinajstić information content (AvgIpc) is 2.90. The van der Waals surface area contributed by atoms with Gasteiger partial charge in [-0.05, 0) is 63.9 Å². The van der Waals surface area contributed by atoms with Crippen molar-refractivity contribution >= 4 is 55.1 Å². The Morgan fingerprint density at radius 3 is 2.04 bits per heavy atom. The Labute approximate surface area is 285 Å². The monoisotopic (exact) mass is 782 g/mol. The second-order valence-corrected chi connectivity index (χ2v) is 15.4. The van der Waals surface area contributed by atoms with Gasteiger partial charge in [0.2, 0.25) is 5.75 Å². The van der Waals surface area contributed by atoms with Crippen LogP contribution in [0.3, 0.4) is 0 Å². The lowest BCUT2D eigenvalue weighted by Gasteiger charge is -2.49. The van der Waals surface area contributed by atoms with E-state index in [4.69, 9.17) is 4.74 Å². The molecule has 0 amide bonds. The molecule has 0 saturated heterocycles. The lowest BCUT2D eigenvalue weighted by Crippen LogP contribution is -2.45. The van der Waals surface area contributed by atoms with Gasteiger partial charge >= 0.3 is 17.8 Å². The third-order valence-electron chi connectivity index (χ3n) is 8.61. The zero-order valence-corrected chi connectivity index (χ0v) is 29.1. The standard InChI is InChI=1S/C33H31Br2F3N2O7/c1-31(2)12-21-28(23(41)14-31)27(29-22(39(21)8-7-26(43)44)13-32(3,4)15-24(29)42)18-10-17(34)11-19(35)30(18)47-25-6-5-16(33(36,37)38)9-20(25)40(45)46/h5-6,9-11,27H,7-8,12-15H2,1-4H3,(H,43,44). The molecule has 14 heteroatoms. The van der Waals surface area contributed by atoms with Gasteiger partial charge < -0.3 is 14.7 Å². The fourth-order valence-electron chi connectivity index (χ4n) is 6.77. The second-order valence-electron chi connectivity index (χ2n) is 13.7. The van der Waals surface area contributed by atoms with Gasteiger partial charge in [-0.1, -0.05) is 43.6 Å². The van der Waals surface area contributed by atoms with Crippen molar-refractivity contribution in [1.29, 1.82) is 0 Å². The number of hydrogen-bond acceptors (Lipinski definition) is 7. The maximum absolute atomic E-state index is 14.1. The Bertz CT molecular complexity index is 1740. The van der Waals surface area contributed by atoms with Crippen LogP contribution < -0.4 is 4.74 Å². The molecule has 2 aliphatic carbocycles. The lowest BCUT2D eigenvalue weighted by molar-refractivity contribution is -0.385. The topological polar surface area (TPSA) is 127 Å². The molecule has 0 atom stereocenters. The Kier molecular flexibility index (Phi) is 9.02. The molecular weight excluding hydrogens is 753 g/mol. The first-order chi connectivity index (χ1) is 21.7. The number of Topliss-reactive ketones (excluding diaryl/α,β-unsaturated/α-hetero) is 2. The third kappa shape index (κ3) is 6.89. The van der Waals surface area contributed by atoms with Crippen molar-refractivity contribution in [3.63, 3.8) is 0 Å². The van der Waals surface area contributed by atoms with Crippen LogP contribution in [-0.4, -0.2) is 39.0 Å². The van der Waals surface area contributed by atoms with E-state index < -0.39 is 50.8 Å². The highest BCUT2D eigenvalue weighted by Gasteiger charge is 2.50. The van der Waals surface area contributed by atoms with Gasteiger partial charge in [0.05, 0.1) is 21.4 Å². The van der Waals surface area contributed by atoms with Gasteiger partial charge in [-0.25, -0.2) is 0 Å². The van der Waals surface area contributed by atoms with E-state index in [2.05, 4.69) is 31.9 Å². The van der Waals surface area contributed by atoms with Crippen molar-refractivity contribution in [1.82, 2.24) is 4.90 Å². The fraction of sp³-hybridized carbons (Fsp3) is 0.424. The number of nitro benzene ring substituents is 1. The highest BCUT2D eigenvalue weighted by atomic mass is 79.9. The molecule has 2 aromatic rings. The number of alkyl halides is 3. The number of ether oxygens (including phenoxy) is 1. The van der Waals surface area contributed by atoms with Crippen LogP contribution in [0.2, 0.25) is 0 Å². The number of aliphatic carboxylic acids is 1. The number of carboxylic acid groups (broad SMARTS) is 1. The molecular formula is C33H31Br2F3N2O7. The summed E-state index contributed by atoms with van der Waals surface area (Å²) in [6.45, 7) is 7.79. The molecule has 0 aromatic heterocycles. The quantitative estimate of drug-likeness (QED) is 0.218. The summed E-state index contributed by atoms with van der Waals surface area (Å²) in [5.41, 5.74) is -1.01. The fourth-order valence-corrected chi connectivity index (χ4v) is 8.11. The Morgan fingerprint density at radius 2 is 1.55 bits per heavy atom. The SMILES string of the molecule is CC1(C)CC(=O)C2=C(C1)N(CCC(=O)O)C1=C(C(=O)CC(C)(C)C1)C2c1cc(Br)cc(Br)c1Oc1ccc(C(F)(F)F)cc1[N+](=O)[O-]. The van der Waals surface area contributed by atoms with E-state index in [0.29, 0.717) is 57.6 Å². The van der Waals surface area contributed by atoms with Gasteiger partial charge in [-0.3, -0.25) is 24.5 Å². The Balaban J connectivity index is 1.79. The molecule has 1 heterocycles. The summed E-state index contributed by atoms with van der Waals surface area (Å²) in [4.78, 5) is 52.8. The number of halogens is 5. The highest BCUT2D eigenvalue weighted by Crippen LogP contribution is 2.57. The van der Waals surface area contributed by atoms with Crippen molar-refractivity contribution in [2.24, 2.45) is 10.8 Å². The summed E-state index contributed by atoms with van der Waals surface area (Å²) in [6, 6.07) is 5.15. The molecule has 3 aliphatic rings. The zero-order chi connectivity index (χ0) is 34.8. The summed E-state index contributed by atoms with van der Waals surface area (Å²) in [6.07, 6.45) is -3.97. The Hall–Kier alpha value is -3.52. The molecule has 0 radical (unpaired) electrons. The number of carbonyl (C=O) groups excluding carboxylic acids is 2. The van der Waals surface area contributed by atoms with Crippen molar-refractivity contribution in [3.8, 4) is 11.5 Å². The zero-order valence-electron chi connectivity index (χ0n) is 25.9. The number of ketones is 2. The van der Waals surface area contributed by atoms with Gasteiger partial charge in [0.25, 0.3) is 0 Å². The number of hydrogen-bond donors (Lipinski definition) is 1. The molecule has 0 spiro atoms. The molecule has 250 valence electrons. The maximum atomic E-state index is 14.1. The number of carboxylic acids is 1. The summed E-state index contributed by atoms with van der Waals surface area (Å²) < 4.78 is 47.2. The van der Waals surface area contributed by atoms with Crippen LogP contribution in [0.1, 0.15) is 76.8 Å². The smallest absolute Gasteiger partial charge is 0.416 e. The van der Waals surface area contributed by atoms with E-state index >= 15 is 0 Å². The average molecular weight is 784 g/mol. The second kappa shape index (κ2) is 12.2. The molecule has 0 saturated carbocycles. The molecule has 1 N–H and O–H groups in total. The van der Waals surface area contributed by atoms with E-state index in [0.717, 1.165) is 6.07 Å². The van der Waals surface area contributed by atoms with Gasteiger partial charge in [0, 0.05) is 63.9 Å². The summed E-state index contributed by atoms with van der Waals surface area (Å²) >= 11 is 6.91. The molecule has 0 fully saturated rings. The Morgan fingerprint density at radius 1 is 1.00 bits per heavy atom. The number of nitro groups is 1. The van der Waals surface area contributed by atoms with E-state index in [-0.39, 0.29) is 47.6 Å². The molecule has 1 aliphatic heterocycles. The van der Waals surface area contributed by atoms with Crippen molar-refractivity contribution in [2.45, 2.75) is 71.9 Å². The predicted octanol–water partition coefficient (Wildman–Crippen LogP) is 9.09. The van der Waals surface area contributed by atoms with Crippen LogP contribution in [0.5, 0.6) is 11.5 Å². The largest absolute Gasteiger partial charge is 0.481 e. The minimum absolute atomic E-state index is 0.0194. The maximum Gasteiger partial charge on any atom is 0.416 e. The first-order valence-electron chi connectivity index (χ1n) is 14.7. The number of benzene rings is 2. The van der Waals surface area contributed by atoms with E-state index in [1.54, 1.807) is 12.1 Å². The normalized spacial score (nSPS) is 19.5. The molecule has 47 heavy (non-hydrogen) atoms. The van der Waals surface area contributed by atoms with E-state index in [1.807, 2.05) is 32.6 Å². The van der Waals surface area contributed by atoms with E-state index in [1.165, 1.54) is 0 Å². The molecule has 0 unspecified atom stereocenters. The minimum Gasteiger partial charge on any atom is -0.481 e. The number of rotatable bonds is 7. The van der Waals surface area contributed by atoms with Crippen molar-refractivity contribution in [3.05, 3.63) is 83.1 Å². The van der Waals surface area contributed by atoms with Gasteiger partial charge in [0.1, 0.15) is 5.75 Å². The minimum atomic E-state index is -4.84. The van der Waals surface area contributed by atoms with Crippen LogP contribution in [-0.2, 0) is 20.6 Å². The first-order valence-corrected chi connectivity index (χ1v) is 16.3. The predicted molar refractivity (Wildman–Crippen MR) is 172 cm³/mol. The van der Waals surface area contributed by atoms with Gasteiger partial charge in [0.15, 0.2) is 11.6 Å². The number of nitrogens with zero attached hydrogens (tertiary/aromatic N) is 2.